The molecule has 2 N–H and O–H groups in total. The molecule has 0 aliphatic rings. The second-order valence-electron chi connectivity index (χ2n) is 4.12. The van der Waals surface area contributed by atoms with Crippen LogP contribution in [0.3, 0.4) is 0 Å². The molecular formula is C13H26N4. The lowest BCUT2D eigenvalue weighted by Crippen LogP contribution is -2.27. The molecule has 0 bridgehead atoms. The number of rotatable bonds is 10. The molecule has 0 spiro atoms. The first kappa shape index (κ1) is 16.0. The van der Waals surface area contributed by atoms with E-state index in [1.807, 2.05) is 13.1 Å². The van der Waals surface area contributed by atoms with Crippen molar-refractivity contribution in [2.75, 3.05) is 26.3 Å². The van der Waals surface area contributed by atoms with Crippen molar-refractivity contribution in [1.82, 2.24) is 4.90 Å². The van der Waals surface area contributed by atoms with Gasteiger partial charge in [0, 0.05) is 19.0 Å². The van der Waals surface area contributed by atoms with Gasteiger partial charge in [0.15, 0.2) is 0 Å². The molecule has 0 heterocycles. The van der Waals surface area contributed by atoms with Gasteiger partial charge < -0.3 is 5.73 Å². The first-order chi connectivity index (χ1) is 8.24. The molecule has 4 nitrogen and oxygen atoms in total. The largest absolute Gasteiger partial charge is 0.330 e. The predicted octanol–water partition coefficient (Wildman–Crippen LogP) is 2.07. The lowest BCUT2D eigenvalue weighted by Gasteiger charge is -2.19. The maximum absolute atomic E-state index is 5.53. The van der Waals surface area contributed by atoms with Crippen LogP contribution in [0.5, 0.6) is 0 Å². The average molecular weight is 238 g/mol. The fourth-order valence-electron chi connectivity index (χ4n) is 1.43. The molecule has 0 saturated heterocycles. The van der Waals surface area contributed by atoms with Gasteiger partial charge in [0.05, 0.1) is 6.67 Å². The van der Waals surface area contributed by atoms with E-state index in [0.29, 0.717) is 0 Å². The van der Waals surface area contributed by atoms with Gasteiger partial charge in [-0.2, -0.15) is 0 Å². The van der Waals surface area contributed by atoms with Crippen LogP contribution in [0.15, 0.2) is 21.8 Å². The van der Waals surface area contributed by atoms with E-state index in [-0.39, 0.29) is 0 Å². The summed E-state index contributed by atoms with van der Waals surface area (Å²) < 4.78 is 0. The van der Waals surface area contributed by atoms with E-state index in [1.165, 1.54) is 12.8 Å². The third-order valence-electron chi connectivity index (χ3n) is 2.38. The molecule has 0 radical (unpaired) electrons. The Hall–Kier alpha value is -1.00. The zero-order valence-electron chi connectivity index (χ0n) is 11.2. The average Bonchev–Trinajstić information content (AvgIpc) is 2.32. The molecule has 0 aromatic carbocycles. The molecule has 4 heteroatoms. The van der Waals surface area contributed by atoms with Gasteiger partial charge in [-0.1, -0.05) is 13.3 Å². The highest BCUT2D eigenvalue weighted by Gasteiger charge is 2.01. The highest BCUT2D eigenvalue weighted by atomic mass is 15.2. The van der Waals surface area contributed by atoms with Crippen LogP contribution in [0.25, 0.3) is 0 Å². The molecular weight excluding hydrogens is 212 g/mol. The summed E-state index contributed by atoms with van der Waals surface area (Å²) in [5.41, 5.74) is 6.55. The Bertz CT molecular complexity index is 238. The second-order valence-corrected chi connectivity index (χ2v) is 4.12. The van der Waals surface area contributed by atoms with Crippen molar-refractivity contribution in [3.05, 3.63) is 11.8 Å². The fraction of sp³-hybridized carbons (Fsp3) is 0.692. The summed E-state index contributed by atoms with van der Waals surface area (Å²) in [6.45, 7) is 11.2. The van der Waals surface area contributed by atoms with E-state index < -0.39 is 0 Å². The van der Waals surface area contributed by atoms with E-state index >= 15 is 0 Å². The molecule has 0 fully saturated rings. The summed E-state index contributed by atoms with van der Waals surface area (Å²) in [5.74, 6) is 0. The van der Waals surface area contributed by atoms with Gasteiger partial charge in [0.1, 0.15) is 0 Å². The molecule has 0 amide bonds. The minimum absolute atomic E-state index is 0.738. The topological polar surface area (TPSA) is 54.0 Å². The van der Waals surface area contributed by atoms with Crippen molar-refractivity contribution in [3.8, 4) is 0 Å². The van der Waals surface area contributed by atoms with Gasteiger partial charge in [0.2, 0.25) is 0 Å². The maximum atomic E-state index is 5.53. The second kappa shape index (κ2) is 11.5. The molecule has 0 saturated carbocycles. The lowest BCUT2D eigenvalue weighted by molar-refractivity contribution is 0.277. The Labute approximate surface area is 105 Å². The molecule has 0 aliphatic heterocycles. The Morgan fingerprint density at radius 2 is 2.06 bits per heavy atom. The van der Waals surface area contributed by atoms with Crippen LogP contribution in [0.4, 0.5) is 0 Å². The number of unbranched alkanes of at least 4 members (excludes halogenated alkanes) is 1. The molecule has 0 rings (SSSR count). The highest BCUT2D eigenvalue weighted by molar-refractivity contribution is 5.77. The lowest BCUT2D eigenvalue weighted by atomic mass is 10.3. The molecule has 0 aliphatic carbocycles. The monoisotopic (exact) mass is 238 g/mol. The normalized spacial score (nSPS) is 12.6. The van der Waals surface area contributed by atoms with Crippen molar-refractivity contribution >= 4 is 12.9 Å². The number of nitrogens with zero attached hydrogens (tertiary/aromatic N) is 3. The van der Waals surface area contributed by atoms with Crippen molar-refractivity contribution in [2.45, 2.75) is 33.1 Å². The third-order valence-corrected chi connectivity index (χ3v) is 2.38. The van der Waals surface area contributed by atoms with Crippen LogP contribution in [0.1, 0.15) is 33.1 Å². The van der Waals surface area contributed by atoms with Crippen LogP contribution in [0, 0.1) is 0 Å². The van der Waals surface area contributed by atoms with Gasteiger partial charge >= 0.3 is 0 Å². The summed E-state index contributed by atoms with van der Waals surface area (Å²) in [6.07, 6.45) is 7.00. The minimum atomic E-state index is 0.738. The first-order valence-corrected chi connectivity index (χ1v) is 6.29. The van der Waals surface area contributed by atoms with Crippen LogP contribution in [-0.4, -0.2) is 44.1 Å². The molecule has 0 unspecified atom stereocenters. The first-order valence-electron chi connectivity index (χ1n) is 6.29. The summed E-state index contributed by atoms with van der Waals surface area (Å²) in [5, 5.41) is 0. The third kappa shape index (κ3) is 9.90. The van der Waals surface area contributed by atoms with Crippen molar-refractivity contribution in [3.63, 3.8) is 0 Å². The van der Waals surface area contributed by atoms with E-state index in [4.69, 9.17) is 5.73 Å². The molecule has 17 heavy (non-hydrogen) atoms. The standard InChI is InChI=1S/C13H26N4/c1-4-5-8-17(9-6-7-14)12-16-11-13(2)10-15-3/h10-11H,3-9,12,14H2,1-2H3/b13-10-,16-11?. The molecule has 0 aromatic rings. The molecule has 0 atom stereocenters. The van der Waals surface area contributed by atoms with Crippen LogP contribution in [-0.2, 0) is 0 Å². The van der Waals surface area contributed by atoms with Crippen LogP contribution >= 0.6 is 0 Å². The van der Waals surface area contributed by atoms with Gasteiger partial charge in [0.25, 0.3) is 0 Å². The Morgan fingerprint density at radius 1 is 1.35 bits per heavy atom. The maximum Gasteiger partial charge on any atom is 0.0909 e. The zero-order chi connectivity index (χ0) is 12.9. The summed E-state index contributed by atoms with van der Waals surface area (Å²) in [7, 11) is 0. The van der Waals surface area contributed by atoms with Crippen LogP contribution in [0.2, 0.25) is 0 Å². The summed E-state index contributed by atoms with van der Waals surface area (Å²) >= 11 is 0. The van der Waals surface area contributed by atoms with E-state index in [1.54, 1.807) is 6.20 Å². The number of allylic oxidation sites excluding steroid dienone is 1. The quantitative estimate of drug-likeness (QED) is 0.592. The van der Waals surface area contributed by atoms with Gasteiger partial charge in [-0.15, -0.1) is 0 Å². The summed E-state index contributed by atoms with van der Waals surface area (Å²) in [4.78, 5) is 10.4. The fourth-order valence-corrected chi connectivity index (χ4v) is 1.43. The smallest absolute Gasteiger partial charge is 0.0909 e. The zero-order valence-corrected chi connectivity index (χ0v) is 11.2. The minimum Gasteiger partial charge on any atom is -0.330 e. The molecule has 0 aromatic heterocycles. The van der Waals surface area contributed by atoms with Crippen molar-refractivity contribution in [1.29, 1.82) is 0 Å². The summed E-state index contributed by atoms with van der Waals surface area (Å²) in [6, 6.07) is 0. The predicted molar refractivity (Wildman–Crippen MR) is 76.8 cm³/mol. The number of hydrogen-bond acceptors (Lipinski definition) is 4. The van der Waals surface area contributed by atoms with Crippen molar-refractivity contribution < 1.29 is 0 Å². The SMILES string of the molecule is C=N/C=C(/C)C=NCN(CCCC)CCCN. The van der Waals surface area contributed by atoms with E-state index in [0.717, 1.165) is 38.3 Å². The Morgan fingerprint density at radius 3 is 2.65 bits per heavy atom. The molecule has 98 valence electrons. The van der Waals surface area contributed by atoms with E-state index in [9.17, 15) is 0 Å². The van der Waals surface area contributed by atoms with Crippen molar-refractivity contribution in [2.24, 2.45) is 15.7 Å². The highest BCUT2D eigenvalue weighted by Crippen LogP contribution is 1.97. The van der Waals surface area contributed by atoms with Crippen LogP contribution < -0.4 is 5.73 Å². The number of aliphatic imine (C=N–C) groups is 2. The Kier molecular flexibility index (Phi) is 10.8. The Balaban J connectivity index is 4.04. The van der Waals surface area contributed by atoms with Gasteiger partial charge in [-0.05, 0) is 45.1 Å². The number of hydrogen-bond donors (Lipinski definition) is 1. The van der Waals surface area contributed by atoms with Gasteiger partial charge in [-0.3, -0.25) is 14.9 Å². The van der Waals surface area contributed by atoms with Gasteiger partial charge in [-0.25, -0.2) is 0 Å². The number of nitrogens with two attached hydrogens (primary N) is 1. The van der Waals surface area contributed by atoms with E-state index in [2.05, 4.69) is 28.5 Å².